The van der Waals surface area contributed by atoms with Crippen molar-refractivity contribution in [3.05, 3.63) is 72.1 Å². The van der Waals surface area contributed by atoms with Crippen LogP contribution in [-0.4, -0.2) is 25.4 Å². The molecule has 3 heterocycles. The number of aromatic nitrogens is 4. The van der Waals surface area contributed by atoms with Gasteiger partial charge in [-0.05, 0) is 36.8 Å². The van der Waals surface area contributed by atoms with Gasteiger partial charge in [0.2, 0.25) is 5.91 Å². The molecule has 28 heavy (non-hydrogen) atoms. The van der Waals surface area contributed by atoms with E-state index < -0.39 is 18.1 Å². The van der Waals surface area contributed by atoms with Crippen molar-refractivity contribution in [2.24, 2.45) is 7.05 Å². The van der Waals surface area contributed by atoms with E-state index in [2.05, 4.69) is 20.3 Å². The molecule has 7 heteroatoms. The normalized spacial score (nSPS) is 12.5. The topological polar surface area (TPSA) is 72.7 Å². The van der Waals surface area contributed by atoms with E-state index in [1.165, 1.54) is 12.1 Å². The molecule has 140 valence electrons. The number of hydrogen-bond donors (Lipinski definition) is 1. The summed E-state index contributed by atoms with van der Waals surface area (Å²) in [6.45, 7) is 1.90. The quantitative estimate of drug-likeness (QED) is 0.589. The SMILES string of the molecule is [2H]C([2H])(C(=O)Nc1cc2nc(-c3cnc(C)n3C)ccc2cn1)c1ccc(F)cc1. The van der Waals surface area contributed by atoms with Gasteiger partial charge in [-0.3, -0.25) is 4.79 Å². The van der Waals surface area contributed by atoms with Crippen LogP contribution < -0.4 is 5.32 Å². The summed E-state index contributed by atoms with van der Waals surface area (Å²) in [7, 11) is 1.90. The van der Waals surface area contributed by atoms with Crippen molar-refractivity contribution in [1.82, 2.24) is 19.5 Å². The maximum atomic E-state index is 13.1. The summed E-state index contributed by atoms with van der Waals surface area (Å²) in [6, 6.07) is 10.0. The average molecular weight is 377 g/mol. The van der Waals surface area contributed by atoms with Gasteiger partial charge in [-0.2, -0.15) is 0 Å². The molecule has 1 amide bonds. The van der Waals surface area contributed by atoms with Gasteiger partial charge in [0.1, 0.15) is 17.5 Å². The van der Waals surface area contributed by atoms with Gasteiger partial charge in [-0.1, -0.05) is 12.1 Å². The summed E-state index contributed by atoms with van der Waals surface area (Å²) in [4.78, 5) is 25.6. The van der Waals surface area contributed by atoms with Gasteiger partial charge in [0, 0.05) is 27.4 Å². The molecule has 0 saturated carbocycles. The maximum Gasteiger partial charge on any atom is 0.229 e. The Morgan fingerprint density at radius 2 is 1.96 bits per heavy atom. The lowest BCUT2D eigenvalue weighted by atomic mass is 10.1. The largest absolute Gasteiger partial charge is 0.330 e. The van der Waals surface area contributed by atoms with Crippen LogP contribution in [0.15, 0.2) is 54.9 Å². The number of fused-ring (bicyclic) bond motifs is 1. The monoisotopic (exact) mass is 377 g/mol. The number of hydrogen-bond acceptors (Lipinski definition) is 4. The summed E-state index contributed by atoms with van der Waals surface area (Å²) in [6.07, 6.45) is 0.945. The van der Waals surface area contributed by atoms with Crippen molar-refractivity contribution in [2.75, 3.05) is 5.32 Å². The van der Waals surface area contributed by atoms with Crippen LogP contribution in [-0.2, 0) is 18.2 Å². The number of carbonyl (C=O) groups excluding carboxylic acids is 1. The summed E-state index contributed by atoms with van der Waals surface area (Å²) in [5.74, 6) is -0.377. The number of carbonyl (C=O) groups is 1. The Morgan fingerprint density at radius 3 is 2.68 bits per heavy atom. The number of anilines is 1. The minimum Gasteiger partial charge on any atom is -0.330 e. The minimum absolute atomic E-state index is 0.0502. The molecule has 4 aromatic rings. The number of nitrogens with one attached hydrogen (secondary N) is 1. The predicted molar refractivity (Wildman–Crippen MR) is 105 cm³/mol. The van der Waals surface area contributed by atoms with Crippen molar-refractivity contribution in [1.29, 1.82) is 0 Å². The molecule has 0 unspecified atom stereocenters. The third-order valence-electron chi connectivity index (χ3n) is 4.40. The van der Waals surface area contributed by atoms with Crippen LogP contribution in [0.25, 0.3) is 22.3 Å². The van der Waals surface area contributed by atoms with E-state index in [9.17, 15) is 9.18 Å². The van der Waals surface area contributed by atoms with Crippen LogP contribution in [0.3, 0.4) is 0 Å². The van der Waals surface area contributed by atoms with Crippen molar-refractivity contribution in [2.45, 2.75) is 13.3 Å². The van der Waals surface area contributed by atoms with E-state index >= 15 is 0 Å². The first-order valence-corrected chi connectivity index (χ1v) is 8.59. The highest BCUT2D eigenvalue weighted by molar-refractivity contribution is 5.93. The van der Waals surface area contributed by atoms with E-state index in [1.807, 2.05) is 30.7 Å². The van der Waals surface area contributed by atoms with Crippen LogP contribution >= 0.6 is 0 Å². The van der Waals surface area contributed by atoms with E-state index in [0.717, 1.165) is 34.7 Å². The number of rotatable bonds is 4. The molecule has 0 aliphatic heterocycles. The summed E-state index contributed by atoms with van der Waals surface area (Å²) in [5.41, 5.74) is 2.22. The van der Waals surface area contributed by atoms with E-state index in [0.29, 0.717) is 5.52 Å². The molecule has 4 rings (SSSR count). The zero-order valence-corrected chi connectivity index (χ0v) is 15.3. The molecule has 6 nitrogen and oxygen atoms in total. The van der Waals surface area contributed by atoms with Gasteiger partial charge >= 0.3 is 0 Å². The highest BCUT2D eigenvalue weighted by Crippen LogP contribution is 2.22. The molecule has 0 spiro atoms. The van der Waals surface area contributed by atoms with Gasteiger partial charge in [0.15, 0.2) is 0 Å². The van der Waals surface area contributed by atoms with Gasteiger partial charge in [0.05, 0.1) is 29.5 Å². The Morgan fingerprint density at radius 1 is 1.18 bits per heavy atom. The highest BCUT2D eigenvalue weighted by Gasteiger charge is 2.10. The smallest absolute Gasteiger partial charge is 0.229 e. The minimum atomic E-state index is -2.36. The Balaban J connectivity index is 1.63. The lowest BCUT2D eigenvalue weighted by Crippen LogP contribution is -2.15. The summed E-state index contributed by atoms with van der Waals surface area (Å²) < 4.78 is 31.2. The Hall–Kier alpha value is -3.61. The van der Waals surface area contributed by atoms with E-state index in [4.69, 9.17) is 2.74 Å². The first-order valence-electron chi connectivity index (χ1n) is 9.59. The van der Waals surface area contributed by atoms with Crippen LogP contribution in [0.2, 0.25) is 0 Å². The molecule has 0 saturated heterocycles. The lowest BCUT2D eigenvalue weighted by molar-refractivity contribution is -0.115. The first kappa shape index (κ1) is 15.4. The number of pyridine rings is 2. The van der Waals surface area contributed by atoms with Crippen molar-refractivity contribution in [3.63, 3.8) is 0 Å². The third-order valence-corrected chi connectivity index (χ3v) is 4.40. The van der Waals surface area contributed by atoms with Gasteiger partial charge in [0.25, 0.3) is 0 Å². The number of amides is 1. The first-order chi connectivity index (χ1) is 14.3. The standard InChI is InChI=1S/C21H18FN5O/c1-13-23-12-19(27(13)2)17-8-5-15-11-24-20(10-18(15)25-17)26-21(28)9-14-3-6-16(22)7-4-14/h3-8,10-12H,9H2,1-2H3,(H,24,26,28)/i9D2. The second kappa shape index (κ2) is 7.19. The molecule has 0 bridgehead atoms. The number of imidazole rings is 1. The van der Waals surface area contributed by atoms with Crippen LogP contribution in [0.5, 0.6) is 0 Å². The average Bonchev–Trinajstić information content (AvgIpc) is 3.06. The third kappa shape index (κ3) is 3.59. The summed E-state index contributed by atoms with van der Waals surface area (Å²) >= 11 is 0. The molecule has 3 aromatic heterocycles. The fraction of sp³-hybridized carbons (Fsp3) is 0.143. The van der Waals surface area contributed by atoms with E-state index in [1.54, 1.807) is 18.5 Å². The Labute approximate surface area is 163 Å². The number of halogens is 1. The maximum absolute atomic E-state index is 13.1. The van der Waals surface area contributed by atoms with Gasteiger partial charge in [-0.25, -0.2) is 19.3 Å². The number of benzene rings is 1. The molecule has 0 atom stereocenters. The molecule has 1 aromatic carbocycles. The predicted octanol–water partition coefficient (Wildman–Crippen LogP) is 3.66. The molecule has 0 fully saturated rings. The number of aryl methyl sites for hydroxylation is 1. The lowest BCUT2D eigenvalue weighted by Gasteiger charge is -2.08. The Bertz CT molecular complexity index is 1250. The van der Waals surface area contributed by atoms with Crippen LogP contribution in [0, 0.1) is 12.7 Å². The zero-order valence-electron chi connectivity index (χ0n) is 17.3. The van der Waals surface area contributed by atoms with Crippen LogP contribution in [0.1, 0.15) is 14.1 Å². The molecule has 0 radical (unpaired) electrons. The fourth-order valence-electron chi connectivity index (χ4n) is 2.78. The second-order valence-electron chi connectivity index (χ2n) is 6.29. The molecule has 0 aliphatic rings. The highest BCUT2D eigenvalue weighted by atomic mass is 19.1. The number of nitrogens with zero attached hydrogens (tertiary/aromatic N) is 4. The zero-order chi connectivity index (χ0) is 21.5. The molecule has 0 aliphatic carbocycles. The molecule has 1 N–H and O–H groups in total. The molecular weight excluding hydrogens is 357 g/mol. The van der Waals surface area contributed by atoms with Crippen molar-refractivity contribution in [3.8, 4) is 11.4 Å². The van der Waals surface area contributed by atoms with Gasteiger partial charge < -0.3 is 9.88 Å². The fourth-order valence-corrected chi connectivity index (χ4v) is 2.78. The van der Waals surface area contributed by atoms with Crippen molar-refractivity contribution >= 4 is 22.6 Å². The Kier molecular flexibility index (Phi) is 3.97. The second-order valence-corrected chi connectivity index (χ2v) is 6.29. The van der Waals surface area contributed by atoms with Crippen LogP contribution in [0.4, 0.5) is 10.2 Å². The summed E-state index contributed by atoms with van der Waals surface area (Å²) in [5, 5.41) is 3.26. The molecular formula is C21H18FN5O. The van der Waals surface area contributed by atoms with Gasteiger partial charge in [-0.15, -0.1) is 0 Å². The van der Waals surface area contributed by atoms with Crippen molar-refractivity contribution < 1.29 is 11.9 Å². The van der Waals surface area contributed by atoms with E-state index in [-0.39, 0.29) is 11.4 Å².